The number of carbonyl (C=O) groups excluding carboxylic acids is 1. The van der Waals surface area contributed by atoms with E-state index in [1.165, 1.54) is 32.4 Å². The fourth-order valence-electron chi connectivity index (χ4n) is 2.38. The van der Waals surface area contributed by atoms with Gasteiger partial charge in [-0.15, -0.1) is 0 Å². The summed E-state index contributed by atoms with van der Waals surface area (Å²) in [5.74, 6) is 0. The zero-order valence-electron chi connectivity index (χ0n) is 11.0. The van der Waals surface area contributed by atoms with Crippen LogP contribution < -0.4 is 15.5 Å². The third-order valence-corrected chi connectivity index (χ3v) is 3.78. The second kappa shape index (κ2) is 7.36. The van der Waals surface area contributed by atoms with E-state index in [-0.39, 0.29) is 6.03 Å². The number of benzene rings is 1. The standard InChI is InChI=1S/C14H20ClN3O/c15-12-6-2-3-7-13(12)17-14(19)16-8-11-18-9-4-1-5-10-18/h2-3,6-7H,1,4-5,8-11H2,(H2,16,17,19)/p+1. The van der Waals surface area contributed by atoms with E-state index in [2.05, 4.69) is 10.6 Å². The molecule has 104 valence electrons. The highest BCUT2D eigenvalue weighted by molar-refractivity contribution is 6.33. The van der Waals surface area contributed by atoms with Crippen LogP contribution in [-0.2, 0) is 0 Å². The van der Waals surface area contributed by atoms with Gasteiger partial charge in [0.1, 0.15) is 0 Å². The second-order valence-electron chi connectivity index (χ2n) is 4.92. The number of urea groups is 1. The molecule has 3 N–H and O–H groups in total. The largest absolute Gasteiger partial charge is 0.333 e. The van der Waals surface area contributed by atoms with Gasteiger partial charge in [-0.2, -0.15) is 0 Å². The zero-order valence-corrected chi connectivity index (χ0v) is 11.8. The quantitative estimate of drug-likeness (QED) is 0.771. The van der Waals surface area contributed by atoms with E-state index < -0.39 is 0 Å². The molecule has 0 radical (unpaired) electrons. The molecule has 0 bridgehead atoms. The highest BCUT2D eigenvalue weighted by Crippen LogP contribution is 2.19. The smallest absolute Gasteiger partial charge is 0.319 e. The van der Waals surface area contributed by atoms with Gasteiger partial charge in [-0.05, 0) is 31.4 Å². The minimum Gasteiger partial charge on any atom is -0.333 e. The molecular formula is C14H21ClN3O+. The Morgan fingerprint density at radius 2 is 1.95 bits per heavy atom. The number of piperidine rings is 1. The normalized spacial score (nSPS) is 16.1. The maximum atomic E-state index is 11.7. The zero-order chi connectivity index (χ0) is 13.5. The fourth-order valence-corrected chi connectivity index (χ4v) is 2.57. The topological polar surface area (TPSA) is 45.6 Å². The van der Waals surface area contributed by atoms with E-state index in [1.54, 1.807) is 17.0 Å². The first-order valence-electron chi connectivity index (χ1n) is 6.88. The average molecular weight is 283 g/mol. The molecule has 1 aliphatic rings. The summed E-state index contributed by atoms with van der Waals surface area (Å²) in [6.45, 7) is 4.16. The number of para-hydroxylation sites is 1. The van der Waals surface area contributed by atoms with Crippen LogP contribution in [0.1, 0.15) is 19.3 Å². The summed E-state index contributed by atoms with van der Waals surface area (Å²) in [5, 5.41) is 6.19. The highest BCUT2D eigenvalue weighted by Gasteiger charge is 2.13. The van der Waals surface area contributed by atoms with E-state index in [0.717, 1.165) is 6.54 Å². The summed E-state index contributed by atoms with van der Waals surface area (Å²) in [4.78, 5) is 13.3. The molecule has 19 heavy (non-hydrogen) atoms. The van der Waals surface area contributed by atoms with Gasteiger partial charge in [0.15, 0.2) is 0 Å². The molecule has 1 aromatic carbocycles. The molecule has 1 aliphatic heterocycles. The number of likely N-dealkylation sites (tertiary alicyclic amines) is 1. The molecule has 1 saturated heterocycles. The van der Waals surface area contributed by atoms with E-state index in [1.807, 2.05) is 12.1 Å². The molecule has 4 nitrogen and oxygen atoms in total. The predicted molar refractivity (Wildman–Crippen MR) is 77.9 cm³/mol. The van der Waals surface area contributed by atoms with Crippen LogP contribution in [0.3, 0.4) is 0 Å². The Hall–Kier alpha value is -1.26. The second-order valence-corrected chi connectivity index (χ2v) is 5.33. The lowest BCUT2D eigenvalue weighted by atomic mass is 10.1. The lowest BCUT2D eigenvalue weighted by Gasteiger charge is -2.23. The number of amides is 2. The van der Waals surface area contributed by atoms with Crippen molar-refractivity contribution in [3.63, 3.8) is 0 Å². The van der Waals surface area contributed by atoms with E-state index in [9.17, 15) is 4.79 Å². The van der Waals surface area contributed by atoms with Crippen molar-refractivity contribution in [1.29, 1.82) is 0 Å². The summed E-state index contributed by atoms with van der Waals surface area (Å²) in [5.41, 5.74) is 0.645. The van der Waals surface area contributed by atoms with Gasteiger partial charge < -0.3 is 15.5 Å². The molecule has 1 fully saturated rings. The van der Waals surface area contributed by atoms with Gasteiger partial charge in [-0.1, -0.05) is 23.7 Å². The van der Waals surface area contributed by atoms with Crippen molar-refractivity contribution in [1.82, 2.24) is 5.32 Å². The van der Waals surface area contributed by atoms with Gasteiger partial charge in [-0.3, -0.25) is 0 Å². The summed E-state index contributed by atoms with van der Waals surface area (Å²) in [7, 11) is 0. The number of hydrogen-bond donors (Lipinski definition) is 3. The summed E-state index contributed by atoms with van der Waals surface area (Å²) in [6, 6.07) is 7.04. The fraction of sp³-hybridized carbons (Fsp3) is 0.500. The number of rotatable bonds is 4. The highest BCUT2D eigenvalue weighted by atomic mass is 35.5. The molecular weight excluding hydrogens is 262 g/mol. The van der Waals surface area contributed by atoms with Crippen LogP contribution in [0.25, 0.3) is 0 Å². The minimum absolute atomic E-state index is 0.190. The predicted octanol–water partition coefficient (Wildman–Crippen LogP) is 1.53. The van der Waals surface area contributed by atoms with E-state index in [0.29, 0.717) is 17.3 Å². The maximum Gasteiger partial charge on any atom is 0.319 e. The molecule has 0 aromatic heterocycles. The lowest BCUT2D eigenvalue weighted by Crippen LogP contribution is -3.13. The Balaban J connectivity index is 1.68. The molecule has 2 amide bonds. The Morgan fingerprint density at radius 1 is 1.21 bits per heavy atom. The van der Waals surface area contributed by atoms with Crippen LogP contribution in [0.2, 0.25) is 5.02 Å². The van der Waals surface area contributed by atoms with Crippen LogP contribution in [0.15, 0.2) is 24.3 Å². The Kier molecular flexibility index (Phi) is 5.48. The number of halogens is 1. The molecule has 0 saturated carbocycles. The lowest BCUT2D eigenvalue weighted by molar-refractivity contribution is -0.903. The van der Waals surface area contributed by atoms with Crippen molar-refractivity contribution in [2.45, 2.75) is 19.3 Å². The van der Waals surface area contributed by atoms with Gasteiger partial charge in [0.25, 0.3) is 0 Å². The summed E-state index contributed by atoms with van der Waals surface area (Å²) < 4.78 is 0. The van der Waals surface area contributed by atoms with E-state index >= 15 is 0 Å². The third kappa shape index (κ3) is 4.73. The Morgan fingerprint density at radius 3 is 2.68 bits per heavy atom. The van der Waals surface area contributed by atoms with Crippen molar-refractivity contribution in [2.75, 3.05) is 31.5 Å². The van der Waals surface area contributed by atoms with Gasteiger partial charge in [0, 0.05) is 0 Å². The van der Waals surface area contributed by atoms with Crippen molar-refractivity contribution in [3.05, 3.63) is 29.3 Å². The van der Waals surface area contributed by atoms with Crippen LogP contribution in [-0.4, -0.2) is 32.2 Å². The minimum atomic E-state index is -0.190. The van der Waals surface area contributed by atoms with Gasteiger partial charge in [-0.25, -0.2) is 4.79 Å². The number of nitrogens with one attached hydrogen (secondary N) is 3. The van der Waals surface area contributed by atoms with Crippen LogP contribution in [0.4, 0.5) is 10.5 Å². The third-order valence-electron chi connectivity index (χ3n) is 3.45. The molecule has 0 atom stereocenters. The van der Waals surface area contributed by atoms with Crippen LogP contribution in [0.5, 0.6) is 0 Å². The number of anilines is 1. The van der Waals surface area contributed by atoms with Crippen LogP contribution in [0, 0.1) is 0 Å². The van der Waals surface area contributed by atoms with Gasteiger partial charge in [0.05, 0.1) is 36.9 Å². The Labute approximate surface area is 119 Å². The molecule has 5 heteroatoms. The van der Waals surface area contributed by atoms with Crippen molar-refractivity contribution in [2.24, 2.45) is 0 Å². The first-order chi connectivity index (χ1) is 9.25. The van der Waals surface area contributed by atoms with Crippen molar-refractivity contribution >= 4 is 23.3 Å². The average Bonchev–Trinajstić information content (AvgIpc) is 2.43. The number of quaternary nitrogens is 1. The monoisotopic (exact) mass is 282 g/mol. The Bertz CT molecular complexity index is 419. The SMILES string of the molecule is O=C(NCC[NH+]1CCCCC1)Nc1ccccc1Cl. The molecule has 2 rings (SSSR count). The molecule has 0 spiro atoms. The maximum absolute atomic E-state index is 11.7. The van der Waals surface area contributed by atoms with Crippen LogP contribution >= 0.6 is 11.6 Å². The molecule has 1 aromatic rings. The van der Waals surface area contributed by atoms with Gasteiger partial charge >= 0.3 is 6.03 Å². The summed E-state index contributed by atoms with van der Waals surface area (Å²) in [6.07, 6.45) is 3.96. The molecule has 0 unspecified atom stereocenters. The van der Waals surface area contributed by atoms with Crippen molar-refractivity contribution < 1.29 is 9.69 Å². The number of carbonyl (C=O) groups is 1. The van der Waals surface area contributed by atoms with Crippen molar-refractivity contribution in [3.8, 4) is 0 Å². The van der Waals surface area contributed by atoms with E-state index in [4.69, 9.17) is 11.6 Å². The summed E-state index contributed by atoms with van der Waals surface area (Å²) >= 11 is 5.98. The van der Waals surface area contributed by atoms with Gasteiger partial charge in [0.2, 0.25) is 0 Å². The first kappa shape index (κ1) is 14.2. The first-order valence-corrected chi connectivity index (χ1v) is 7.26. The number of hydrogen-bond acceptors (Lipinski definition) is 1. The molecule has 1 heterocycles. The molecule has 0 aliphatic carbocycles.